The van der Waals surface area contributed by atoms with Crippen molar-refractivity contribution in [2.24, 2.45) is 0 Å². The second-order valence-electron chi connectivity index (χ2n) is 6.07. The first-order valence-corrected chi connectivity index (χ1v) is 6.99. The smallest absolute Gasteiger partial charge is 0.128 e. The molecule has 1 aliphatic heterocycles. The summed E-state index contributed by atoms with van der Waals surface area (Å²) in [4.78, 5) is 4.95. The van der Waals surface area contributed by atoms with Crippen LogP contribution in [0, 0.1) is 0 Å². The van der Waals surface area contributed by atoms with E-state index in [1.165, 1.54) is 43.6 Å². The Balaban J connectivity index is 1.95. The fraction of sp³-hybridized carbons (Fsp3) is 0.786. The first-order valence-electron chi connectivity index (χ1n) is 6.99. The summed E-state index contributed by atoms with van der Waals surface area (Å²) in [5, 5.41) is 3.60. The maximum Gasteiger partial charge on any atom is 0.128 e. The molecule has 1 aromatic heterocycles. The van der Waals surface area contributed by atoms with Crippen molar-refractivity contribution in [3.05, 3.63) is 17.7 Å². The van der Waals surface area contributed by atoms with E-state index in [1.807, 2.05) is 0 Å². The summed E-state index contributed by atoms with van der Waals surface area (Å²) in [5.74, 6) is 1.96. The third kappa shape index (κ3) is 2.01. The van der Waals surface area contributed by atoms with E-state index in [9.17, 15) is 0 Å². The highest BCUT2D eigenvalue weighted by molar-refractivity contribution is 5.16. The number of nitrogens with zero attached hydrogens (tertiary/aromatic N) is 2. The minimum absolute atomic E-state index is 0.0212. The van der Waals surface area contributed by atoms with E-state index in [-0.39, 0.29) is 5.54 Å². The van der Waals surface area contributed by atoms with Crippen molar-refractivity contribution in [2.45, 2.75) is 64.0 Å². The summed E-state index contributed by atoms with van der Waals surface area (Å²) < 4.78 is 2.38. The molecule has 0 saturated heterocycles. The predicted octanol–water partition coefficient (Wildman–Crippen LogP) is 2.77. The molecule has 1 aliphatic carbocycles. The summed E-state index contributed by atoms with van der Waals surface area (Å²) in [5.41, 5.74) is 1.36. The van der Waals surface area contributed by atoms with Gasteiger partial charge in [-0.2, -0.15) is 0 Å². The minimum atomic E-state index is 0.0212. The zero-order chi connectivity index (χ0) is 11.9. The highest BCUT2D eigenvalue weighted by Gasteiger charge is 2.30. The number of hydrogen-bond acceptors (Lipinski definition) is 2. The van der Waals surface area contributed by atoms with Gasteiger partial charge in [-0.3, -0.25) is 0 Å². The number of imidazole rings is 1. The van der Waals surface area contributed by atoms with Crippen LogP contribution in [-0.2, 0) is 12.1 Å². The van der Waals surface area contributed by atoms with Gasteiger partial charge in [0.15, 0.2) is 0 Å². The van der Waals surface area contributed by atoms with Gasteiger partial charge in [0.05, 0.1) is 11.2 Å². The Hall–Kier alpha value is -0.830. The Bertz CT molecular complexity index is 400. The van der Waals surface area contributed by atoms with Crippen molar-refractivity contribution < 1.29 is 0 Å². The van der Waals surface area contributed by atoms with Crippen molar-refractivity contribution in [3.8, 4) is 0 Å². The molecular weight excluding hydrogens is 210 g/mol. The van der Waals surface area contributed by atoms with Crippen LogP contribution in [0.2, 0.25) is 0 Å². The lowest BCUT2D eigenvalue weighted by Gasteiger charge is -2.23. The Morgan fingerprint density at radius 1 is 1.29 bits per heavy atom. The van der Waals surface area contributed by atoms with Crippen LogP contribution >= 0.6 is 0 Å². The highest BCUT2D eigenvalue weighted by atomic mass is 15.2. The molecule has 1 N–H and O–H groups in total. The first kappa shape index (κ1) is 11.3. The van der Waals surface area contributed by atoms with E-state index >= 15 is 0 Å². The van der Waals surface area contributed by atoms with Gasteiger partial charge in [-0.25, -0.2) is 4.98 Å². The number of fused-ring (bicyclic) bond motifs is 1. The average Bonchev–Trinajstić information content (AvgIpc) is 2.91. The van der Waals surface area contributed by atoms with E-state index in [4.69, 9.17) is 4.98 Å². The molecule has 0 spiro atoms. The molecule has 1 fully saturated rings. The van der Waals surface area contributed by atoms with Crippen LogP contribution < -0.4 is 5.32 Å². The maximum atomic E-state index is 4.95. The monoisotopic (exact) mass is 233 g/mol. The molecule has 2 aliphatic rings. The van der Waals surface area contributed by atoms with E-state index in [0.717, 1.165) is 19.0 Å². The molecule has 3 nitrogen and oxygen atoms in total. The van der Waals surface area contributed by atoms with Gasteiger partial charge in [-0.15, -0.1) is 0 Å². The fourth-order valence-corrected chi connectivity index (χ4v) is 3.25. The van der Waals surface area contributed by atoms with Crippen LogP contribution in [0.4, 0.5) is 0 Å². The molecule has 3 rings (SSSR count). The zero-order valence-corrected chi connectivity index (χ0v) is 11.0. The number of rotatable bonds is 1. The molecule has 1 saturated carbocycles. The van der Waals surface area contributed by atoms with Gasteiger partial charge in [0.2, 0.25) is 0 Å². The van der Waals surface area contributed by atoms with Gasteiger partial charge in [-0.05, 0) is 39.7 Å². The minimum Gasteiger partial charge on any atom is -0.333 e. The van der Waals surface area contributed by atoms with E-state index in [2.05, 4.69) is 29.9 Å². The lowest BCUT2D eigenvalue weighted by atomic mass is 10.0. The van der Waals surface area contributed by atoms with Crippen LogP contribution in [0.1, 0.15) is 63.4 Å². The standard InChI is InChI=1S/C14H23N3/c1-14(2)13-16-12(11-6-3-4-7-11)10-17(13)9-5-8-15-14/h10-11,15H,3-9H2,1-2H3. The van der Waals surface area contributed by atoms with Crippen molar-refractivity contribution in [3.63, 3.8) is 0 Å². The molecule has 0 bridgehead atoms. The largest absolute Gasteiger partial charge is 0.333 e. The van der Waals surface area contributed by atoms with E-state index < -0.39 is 0 Å². The van der Waals surface area contributed by atoms with Gasteiger partial charge in [0, 0.05) is 18.7 Å². The first-order chi connectivity index (χ1) is 8.17. The molecule has 0 unspecified atom stereocenters. The van der Waals surface area contributed by atoms with Crippen LogP contribution in [0.15, 0.2) is 6.20 Å². The summed E-state index contributed by atoms with van der Waals surface area (Å²) in [7, 11) is 0. The Morgan fingerprint density at radius 3 is 2.82 bits per heavy atom. The summed E-state index contributed by atoms with van der Waals surface area (Å²) in [6.07, 6.45) is 8.97. The van der Waals surface area contributed by atoms with Crippen LogP contribution in [0.3, 0.4) is 0 Å². The second-order valence-corrected chi connectivity index (χ2v) is 6.07. The van der Waals surface area contributed by atoms with Crippen molar-refractivity contribution in [1.82, 2.24) is 14.9 Å². The molecule has 17 heavy (non-hydrogen) atoms. The normalized spacial score (nSPS) is 24.6. The topological polar surface area (TPSA) is 29.9 Å². The molecule has 0 radical (unpaired) electrons. The Kier molecular flexibility index (Phi) is 2.74. The Labute approximate surface area is 104 Å². The third-order valence-corrected chi connectivity index (χ3v) is 4.27. The van der Waals surface area contributed by atoms with E-state index in [0.29, 0.717) is 0 Å². The quantitative estimate of drug-likeness (QED) is 0.808. The summed E-state index contributed by atoms with van der Waals surface area (Å²) >= 11 is 0. The van der Waals surface area contributed by atoms with Gasteiger partial charge in [-0.1, -0.05) is 12.8 Å². The summed E-state index contributed by atoms with van der Waals surface area (Å²) in [6.45, 7) is 6.70. The SMILES string of the molecule is CC1(C)NCCCn2cc(C3CCCC3)nc21. The van der Waals surface area contributed by atoms with Gasteiger partial charge in [0.25, 0.3) is 0 Å². The van der Waals surface area contributed by atoms with E-state index in [1.54, 1.807) is 0 Å². The molecular formula is C14H23N3. The molecule has 1 aromatic rings. The van der Waals surface area contributed by atoms with Crippen molar-refractivity contribution in [2.75, 3.05) is 6.54 Å². The van der Waals surface area contributed by atoms with Crippen molar-refractivity contribution >= 4 is 0 Å². The van der Waals surface area contributed by atoms with Crippen LogP contribution in [0.5, 0.6) is 0 Å². The molecule has 0 aromatic carbocycles. The lowest BCUT2D eigenvalue weighted by molar-refractivity contribution is 0.393. The lowest BCUT2D eigenvalue weighted by Crippen LogP contribution is -2.37. The van der Waals surface area contributed by atoms with Gasteiger partial charge in [0.1, 0.15) is 5.82 Å². The number of hydrogen-bond donors (Lipinski definition) is 1. The molecule has 0 atom stereocenters. The molecule has 0 amide bonds. The van der Waals surface area contributed by atoms with Gasteiger partial charge < -0.3 is 9.88 Å². The van der Waals surface area contributed by atoms with Gasteiger partial charge >= 0.3 is 0 Å². The highest BCUT2D eigenvalue weighted by Crippen LogP contribution is 2.35. The van der Waals surface area contributed by atoms with Crippen molar-refractivity contribution in [1.29, 1.82) is 0 Å². The van der Waals surface area contributed by atoms with Crippen LogP contribution in [-0.4, -0.2) is 16.1 Å². The average molecular weight is 233 g/mol. The zero-order valence-electron chi connectivity index (χ0n) is 11.0. The van der Waals surface area contributed by atoms with Crippen LogP contribution in [0.25, 0.3) is 0 Å². The number of nitrogens with one attached hydrogen (secondary N) is 1. The molecule has 2 heterocycles. The third-order valence-electron chi connectivity index (χ3n) is 4.27. The second kappa shape index (κ2) is 4.13. The Morgan fingerprint density at radius 2 is 2.06 bits per heavy atom. The predicted molar refractivity (Wildman–Crippen MR) is 69.1 cm³/mol. The fourth-order valence-electron chi connectivity index (χ4n) is 3.25. The molecule has 3 heteroatoms. The summed E-state index contributed by atoms with van der Waals surface area (Å²) in [6, 6.07) is 0. The number of aromatic nitrogens is 2. The number of aryl methyl sites for hydroxylation is 1. The maximum absolute atomic E-state index is 4.95. The molecule has 94 valence electrons.